The van der Waals surface area contributed by atoms with Crippen LogP contribution in [0.5, 0.6) is 17.2 Å². The molecule has 26 heavy (non-hydrogen) atoms. The van der Waals surface area contributed by atoms with E-state index < -0.39 is 23.2 Å². The lowest BCUT2D eigenvalue weighted by Gasteiger charge is -2.18. The number of rotatable bonds is 6. The molecule has 1 aliphatic rings. The third-order valence-corrected chi connectivity index (χ3v) is 4.66. The molecule has 1 atom stereocenters. The van der Waals surface area contributed by atoms with Crippen molar-refractivity contribution in [3.8, 4) is 17.2 Å². The van der Waals surface area contributed by atoms with Crippen LogP contribution in [0.1, 0.15) is 12.5 Å². The van der Waals surface area contributed by atoms with Crippen LogP contribution in [0.2, 0.25) is 0 Å². The number of hydrogen-bond donors (Lipinski definition) is 0. The van der Waals surface area contributed by atoms with Gasteiger partial charge in [0, 0.05) is 5.56 Å². The van der Waals surface area contributed by atoms with E-state index in [1.807, 2.05) is 0 Å². The van der Waals surface area contributed by atoms with Crippen LogP contribution in [0.3, 0.4) is 0 Å². The fourth-order valence-electron chi connectivity index (χ4n) is 2.47. The standard InChI is InChI=1S/C17H19NO7S/c1-9(16(20)25-5)18-15(19)12(26-17(18)21)8-10-6-7-11(22-2)14(24-4)13(10)23-3/h6-9H,1-5H3/b12-8-/t9-/m1/s1. The Balaban J connectivity index is 2.44. The van der Waals surface area contributed by atoms with E-state index >= 15 is 0 Å². The number of thioether (sulfide) groups is 1. The highest BCUT2D eigenvalue weighted by molar-refractivity contribution is 8.18. The number of ether oxygens (including phenoxy) is 4. The van der Waals surface area contributed by atoms with E-state index in [1.54, 1.807) is 12.1 Å². The Morgan fingerprint density at radius 2 is 1.73 bits per heavy atom. The maximum Gasteiger partial charge on any atom is 0.328 e. The minimum Gasteiger partial charge on any atom is -0.493 e. The van der Waals surface area contributed by atoms with Crippen LogP contribution in [-0.2, 0) is 14.3 Å². The lowest BCUT2D eigenvalue weighted by molar-refractivity contribution is -0.148. The first-order valence-corrected chi connectivity index (χ1v) is 8.35. The van der Waals surface area contributed by atoms with E-state index in [-0.39, 0.29) is 4.91 Å². The van der Waals surface area contributed by atoms with Gasteiger partial charge in [-0.05, 0) is 36.9 Å². The average Bonchev–Trinajstić information content (AvgIpc) is 2.92. The molecule has 2 amide bonds. The lowest BCUT2D eigenvalue weighted by Crippen LogP contribution is -2.42. The molecule has 0 unspecified atom stereocenters. The van der Waals surface area contributed by atoms with Crippen LogP contribution < -0.4 is 14.2 Å². The molecular formula is C17H19NO7S. The van der Waals surface area contributed by atoms with Gasteiger partial charge in [-0.25, -0.2) is 4.79 Å². The van der Waals surface area contributed by atoms with Gasteiger partial charge in [0.15, 0.2) is 11.5 Å². The second-order valence-corrected chi connectivity index (χ2v) is 6.17. The monoisotopic (exact) mass is 381 g/mol. The van der Waals surface area contributed by atoms with Crippen LogP contribution in [0.25, 0.3) is 6.08 Å². The molecule has 0 bridgehead atoms. The molecule has 0 aliphatic carbocycles. The highest BCUT2D eigenvalue weighted by Gasteiger charge is 2.41. The number of nitrogens with zero attached hydrogens (tertiary/aromatic N) is 1. The number of esters is 1. The number of hydrogen-bond acceptors (Lipinski definition) is 8. The van der Waals surface area contributed by atoms with E-state index in [9.17, 15) is 14.4 Å². The van der Waals surface area contributed by atoms with Gasteiger partial charge >= 0.3 is 5.97 Å². The van der Waals surface area contributed by atoms with Crippen LogP contribution in [-0.4, -0.2) is 56.5 Å². The summed E-state index contributed by atoms with van der Waals surface area (Å²) in [6, 6.07) is 2.33. The molecule has 2 rings (SSSR count). The van der Waals surface area contributed by atoms with E-state index in [1.165, 1.54) is 41.4 Å². The first kappa shape index (κ1) is 19.6. The molecule has 1 heterocycles. The molecule has 1 aromatic rings. The van der Waals surface area contributed by atoms with Crippen LogP contribution in [0.15, 0.2) is 17.0 Å². The van der Waals surface area contributed by atoms with Crippen molar-refractivity contribution in [1.29, 1.82) is 0 Å². The van der Waals surface area contributed by atoms with Crippen molar-refractivity contribution in [3.63, 3.8) is 0 Å². The molecule has 0 aromatic heterocycles. The summed E-state index contributed by atoms with van der Waals surface area (Å²) in [6.45, 7) is 1.43. The third kappa shape index (κ3) is 3.48. The van der Waals surface area contributed by atoms with Crippen molar-refractivity contribution < 1.29 is 33.3 Å². The minimum absolute atomic E-state index is 0.163. The number of imide groups is 1. The normalized spacial score (nSPS) is 16.7. The average molecular weight is 381 g/mol. The van der Waals surface area contributed by atoms with Gasteiger partial charge in [0.25, 0.3) is 11.1 Å². The van der Waals surface area contributed by atoms with Gasteiger partial charge in [-0.15, -0.1) is 0 Å². The highest BCUT2D eigenvalue weighted by atomic mass is 32.2. The van der Waals surface area contributed by atoms with Crippen molar-refractivity contribution in [3.05, 3.63) is 22.6 Å². The van der Waals surface area contributed by atoms with E-state index in [4.69, 9.17) is 14.2 Å². The molecule has 140 valence electrons. The Hall–Kier alpha value is -2.68. The first-order valence-electron chi connectivity index (χ1n) is 7.53. The van der Waals surface area contributed by atoms with Gasteiger partial charge in [-0.1, -0.05) is 0 Å². The Kier molecular flexibility index (Phi) is 6.14. The summed E-state index contributed by atoms with van der Waals surface area (Å²) in [7, 11) is 5.62. The molecule has 8 nitrogen and oxygen atoms in total. The summed E-state index contributed by atoms with van der Waals surface area (Å²) < 4.78 is 20.5. The molecule has 1 aromatic carbocycles. The molecular weight excluding hydrogens is 362 g/mol. The van der Waals surface area contributed by atoms with Gasteiger partial charge in [0.1, 0.15) is 6.04 Å². The topological polar surface area (TPSA) is 91.4 Å². The third-order valence-electron chi connectivity index (χ3n) is 3.77. The first-order chi connectivity index (χ1) is 12.4. The SMILES string of the molecule is COC(=O)[C@@H](C)N1C(=O)S/C(=C\c2ccc(OC)c(OC)c2OC)C1=O. The summed E-state index contributed by atoms with van der Waals surface area (Å²) >= 11 is 0.739. The summed E-state index contributed by atoms with van der Waals surface area (Å²) in [5.41, 5.74) is 0.529. The molecule has 1 aliphatic heterocycles. The van der Waals surface area contributed by atoms with E-state index in [2.05, 4.69) is 4.74 Å². The number of methoxy groups -OCH3 is 4. The summed E-state index contributed by atoms with van der Waals surface area (Å²) in [5, 5.41) is -0.543. The Bertz CT molecular complexity index is 775. The van der Waals surface area contributed by atoms with Crippen molar-refractivity contribution in [2.75, 3.05) is 28.4 Å². The van der Waals surface area contributed by atoms with Gasteiger partial charge < -0.3 is 18.9 Å². The zero-order valence-electron chi connectivity index (χ0n) is 15.0. The molecule has 0 radical (unpaired) electrons. The van der Waals surface area contributed by atoms with Gasteiger partial charge in [-0.3, -0.25) is 14.5 Å². The number of carbonyl (C=O) groups excluding carboxylic acids is 3. The Morgan fingerprint density at radius 1 is 1.08 bits per heavy atom. The van der Waals surface area contributed by atoms with E-state index in [0.717, 1.165) is 16.7 Å². The molecule has 9 heteroatoms. The Labute approximate surface area is 155 Å². The number of carbonyl (C=O) groups is 3. The van der Waals surface area contributed by atoms with Crippen molar-refractivity contribution in [1.82, 2.24) is 4.90 Å². The fourth-order valence-corrected chi connectivity index (χ4v) is 3.37. The van der Waals surface area contributed by atoms with E-state index in [0.29, 0.717) is 22.8 Å². The van der Waals surface area contributed by atoms with Crippen molar-refractivity contribution in [2.45, 2.75) is 13.0 Å². The molecule has 1 saturated heterocycles. The Morgan fingerprint density at radius 3 is 2.27 bits per heavy atom. The predicted molar refractivity (Wildman–Crippen MR) is 95.4 cm³/mol. The number of amides is 2. The maximum atomic E-state index is 12.6. The van der Waals surface area contributed by atoms with Crippen LogP contribution in [0.4, 0.5) is 4.79 Å². The zero-order valence-corrected chi connectivity index (χ0v) is 15.8. The summed E-state index contributed by atoms with van der Waals surface area (Å²) in [5.74, 6) is -0.0496. The molecule has 0 spiro atoms. The van der Waals surface area contributed by atoms with Gasteiger partial charge in [0.05, 0.1) is 33.3 Å². The van der Waals surface area contributed by atoms with Crippen LogP contribution >= 0.6 is 11.8 Å². The largest absolute Gasteiger partial charge is 0.493 e. The fraction of sp³-hybridized carbons (Fsp3) is 0.353. The zero-order chi connectivity index (χ0) is 19.4. The molecule has 1 fully saturated rings. The molecule has 0 N–H and O–H groups in total. The maximum absolute atomic E-state index is 12.6. The number of benzene rings is 1. The van der Waals surface area contributed by atoms with Crippen LogP contribution in [0, 0.1) is 0 Å². The lowest BCUT2D eigenvalue weighted by atomic mass is 10.1. The highest BCUT2D eigenvalue weighted by Crippen LogP contribution is 2.42. The summed E-state index contributed by atoms with van der Waals surface area (Å²) in [6.07, 6.45) is 1.51. The smallest absolute Gasteiger partial charge is 0.328 e. The van der Waals surface area contributed by atoms with Gasteiger partial charge in [-0.2, -0.15) is 0 Å². The van der Waals surface area contributed by atoms with Gasteiger partial charge in [0.2, 0.25) is 5.75 Å². The minimum atomic E-state index is -1.01. The quantitative estimate of drug-likeness (QED) is 0.548. The second-order valence-electron chi connectivity index (χ2n) is 5.17. The predicted octanol–water partition coefficient (Wildman–Crippen LogP) is 2.31. The second kappa shape index (κ2) is 8.13. The van der Waals surface area contributed by atoms with Crippen molar-refractivity contribution in [2.24, 2.45) is 0 Å². The molecule has 0 saturated carbocycles. The summed E-state index contributed by atoms with van der Waals surface area (Å²) in [4.78, 5) is 37.4. The van der Waals surface area contributed by atoms with Crippen molar-refractivity contribution >= 4 is 35.0 Å².